The smallest absolute Gasteiger partial charge is 0.259 e. The van der Waals surface area contributed by atoms with Crippen molar-refractivity contribution < 1.29 is 4.79 Å². The summed E-state index contributed by atoms with van der Waals surface area (Å²) in [7, 11) is 0. The van der Waals surface area contributed by atoms with Gasteiger partial charge in [-0.3, -0.25) is 9.59 Å². The van der Waals surface area contributed by atoms with Crippen LogP contribution in [0, 0.1) is 25.7 Å². The Kier molecular flexibility index (Phi) is 6.02. The van der Waals surface area contributed by atoms with E-state index in [4.69, 9.17) is 0 Å². The fourth-order valence-corrected chi connectivity index (χ4v) is 5.64. The van der Waals surface area contributed by atoms with Gasteiger partial charge in [-0.25, -0.2) is 4.98 Å². The summed E-state index contributed by atoms with van der Waals surface area (Å²) in [6.07, 6.45) is 1.15. The van der Waals surface area contributed by atoms with Crippen LogP contribution in [0.15, 0.2) is 35.1 Å². The maximum atomic E-state index is 12.9. The molecule has 158 valence electrons. The summed E-state index contributed by atoms with van der Waals surface area (Å²) in [6.45, 7) is 8.10. The quantitative estimate of drug-likeness (QED) is 0.555. The zero-order chi connectivity index (χ0) is 21.4. The second-order valence-electron chi connectivity index (χ2n) is 8.20. The molecule has 0 radical (unpaired) electrons. The summed E-state index contributed by atoms with van der Waals surface area (Å²) in [5.41, 5.74) is 2.07. The second kappa shape index (κ2) is 8.55. The molecule has 2 N–H and O–H groups in total. The lowest BCUT2D eigenvalue weighted by atomic mass is 10.0. The van der Waals surface area contributed by atoms with Gasteiger partial charge < -0.3 is 10.3 Å². The van der Waals surface area contributed by atoms with Gasteiger partial charge in [-0.15, -0.1) is 23.1 Å². The highest BCUT2D eigenvalue weighted by Gasteiger charge is 2.41. The number of carbonyl (C=O) groups excluding carboxylic acids is 1. The Hall–Kier alpha value is -2.12. The van der Waals surface area contributed by atoms with Gasteiger partial charge in [0, 0.05) is 4.88 Å². The molecule has 1 saturated carbocycles. The first-order valence-corrected chi connectivity index (χ1v) is 12.2. The third-order valence-electron chi connectivity index (χ3n) is 5.98. The standard InChI is InChI=1S/C23H27N3O2S2/c1-12-10-17(12)20(16-8-6-5-7-9-16)26-21(27)15(4)29-11-18-24-22(28)19-13(2)14(3)30-23(19)25-18/h5-9,12,15,17,20H,10-11H2,1-4H3,(H,26,27)(H,24,25,28). The molecule has 2 aromatic heterocycles. The molecule has 0 saturated heterocycles. The maximum absolute atomic E-state index is 12.9. The van der Waals surface area contributed by atoms with E-state index in [-0.39, 0.29) is 22.8 Å². The van der Waals surface area contributed by atoms with Crippen molar-refractivity contribution in [2.45, 2.75) is 51.2 Å². The Labute approximate surface area is 184 Å². The first-order valence-electron chi connectivity index (χ1n) is 10.3. The molecule has 3 aromatic rings. The predicted molar refractivity (Wildman–Crippen MR) is 125 cm³/mol. The molecule has 0 aliphatic heterocycles. The van der Waals surface area contributed by atoms with Gasteiger partial charge in [0.25, 0.3) is 5.56 Å². The van der Waals surface area contributed by atoms with Crippen LogP contribution in [0.2, 0.25) is 0 Å². The molecule has 1 aromatic carbocycles. The van der Waals surface area contributed by atoms with E-state index in [1.54, 1.807) is 11.3 Å². The third kappa shape index (κ3) is 4.32. The highest BCUT2D eigenvalue weighted by Crippen LogP contribution is 2.47. The van der Waals surface area contributed by atoms with Gasteiger partial charge in [0.1, 0.15) is 10.7 Å². The molecular weight excluding hydrogens is 414 g/mol. The van der Waals surface area contributed by atoms with Crippen LogP contribution in [0.4, 0.5) is 0 Å². The van der Waals surface area contributed by atoms with Crippen molar-refractivity contribution in [2.24, 2.45) is 11.8 Å². The van der Waals surface area contributed by atoms with Crippen LogP contribution in [-0.4, -0.2) is 21.1 Å². The number of thiophene rings is 1. The van der Waals surface area contributed by atoms with E-state index in [2.05, 4.69) is 34.3 Å². The molecule has 4 rings (SSSR count). The average Bonchev–Trinajstić information content (AvgIpc) is 3.38. The summed E-state index contributed by atoms with van der Waals surface area (Å²) < 4.78 is 0. The number of carbonyl (C=O) groups is 1. The number of amides is 1. The summed E-state index contributed by atoms with van der Waals surface area (Å²) >= 11 is 3.04. The molecule has 5 nitrogen and oxygen atoms in total. The lowest BCUT2D eigenvalue weighted by Gasteiger charge is -2.21. The molecule has 1 aliphatic rings. The van der Waals surface area contributed by atoms with Crippen molar-refractivity contribution >= 4 is 39.2 Å². The maximum Gasteiger partial charge on any atom is 0.259 e. The number of aryl methyl sites for hydroxylation is 2. The third-order valence-corrected chi connectivity index (χ3v) is 8.24. The number of nitrogens with one attached hydrogen (secondary N) is 2. The Morgan fingerprint density at radius 3 is 2.70 bits per heavy atom. The number of benzene rings is 1. The van der Waals surface area contributed by atoms with Crippen molar-refractivity contribution in [3.8, 4) is 0 Å². The van der Waals surface area contributed by atoms with Crippen LogP contribution in [0.25, 0.3) is 10.2 Å². The molecule has 4 unspecified atom stereocenters. The highest BCUT2D eigenvalue weighted by atomic mass is 32.2. The summed E-state index contributed by atoms with van der Waals surface area (Å²) in [5, 5.41) is 3.71. The molecular formula is C23H27N3O2S2. The molecule has 4 atom stereocenters. The van der Waals surface area contributed by atoms with Gasteiger partial charge in [-0.05, 0) is 50.2 Å². The van der Waals surface area contributed by atoms with Gasteiger partial charge in [0.05, 0.1) is 22.4 Å². The molecule has 1 amide bonds. The second-order valence-corrected chi connectivity index (χ2v) is 10.7. The lowest BCUT2D eigenvalue weighted by molar-refractivity contribution is -0.121. The fraction of sp³-hybridized carbons (Fsp3) is 0.435. The number of rotatable bonds is 7. The van der Waals surface area contributed by atoms with Gasteiger partial charge in [-0.2, -0.15) is 0 Å². The number of aromatic nitrogens is 2. The van der Waals surface area contributed by atoms with Crippen molar-refractivity contribution in [2.75, 3.05) is 0 Å². The molecule has 1 fully saturated rings. The minimum atomic E-state index is -0.238. The van der Waals surface area contributed by atoms with E-state index < -0.39 is 0 Å². The van der Waals surface area contributed by atoms with Crippen LogP contribution in [0.3, 0.4) is 0 Å². The Bertz CT molecular complexity index is 1120. The largest absolute Gasteiger partial charge is 0.348 e. The number of fused-ring (bicyclic) bond motifs is 1. The van der Waals surface area contributed by atoms with Crippen molar-refractivity contribution in [1.29, 1.82) is 0 Å². The summed E-state index contributed by atoms with van der Waals surface area (Å²) in [6, 6.07) is 10.3. The van der Waals surface area contributed by atoms with Crippen LogP contribution < -0.4 is 10.9 Å². The Balaban J connectivity index is 1.42. The Morgan fingerprint density at radius 1 is 1.33 bits per heavy atom. The van der Waals surface area contributed by atoms with Gasteiger partial charge in [0.15, 0.2) is 0 Å². The lowest BCUT2D eigenvalue weighted by Crippen LogP contribution is -2.35. The predicted octanol–water partition coefficient (Wildman–Crippen LogP) is 4.74. The minimum absolute atomic E-state index is 0.0270. The number of H-pyrrole nitrogens is 1. The highest BCUT2D eigenvalue weighted by molar-refractivity contribution is 7.99. The fourth-order valence-electron chi connectivity index (χ4n) is 3.83. The number of aromatic amines is 1. The van der Waals surface area contributed by atoms with Crippen molar-refractivity contribution in [3.63, 3.8) is 0 Å². The monoisotopic (exact) mass is 441 g/mol. The first kappa shape index (κ1) is 21.1. The molecule has 30 heavy (non-hydrogen) atoms. The van der Waals surface area contributed by atoms with E-state index in [0.29, 0.717) is 28.8 Å². The zero-order valence-corrected chi connectivity index (χ0v) is 19.3. The summed E-state index contributed by atoms with van der Waals surface area (Å²) in [5.74, 6) is 2.27. The molecule has 0 bridgehead atoms. The zero-order valence-electron chi connectivity index (χ0n) is 17.7. The average molecular weight is 442 g/mol. The molecule has 1 aliphatic carbocycles. The number of thioether (sulfide) groups is 1. The Morgan fingerprint density at radius 2 is 2.03 bits per heavy atom. The number of hydrogen-bond acceptors (Lipinski definition) is 5. The van der Waals surface area contributed by atoms with Crippen LogP contribution >= 0.6 is 23.1 Å². The van der Waals surface area contributed by atoms with Crippen LogP contribution in [-0.2, 0) is 10.5 Å². The van der Waals surface area contributed by atoms with E-state index in [0.717, 1.165) is 27.3 Å². The number of hydrogen-bond donors (Lipinski definition) is 2. The van der Waals surface area contributed by atoms with E-state index in [1.807, 2.05) is 39.0 Å². The van der Waals surface area contributed by atoms with Gasteiger partial charge in [0.2, 0.25) is 5.91 Å². The van der Waals surface area contributed by atoms with Crippen molar-refractivity contribution in [1.82, 2.24) is 15.3 Å². The SMILES string of the molecule is Cc1sc2nc(CSC(C)C(=O)NC(c3ccccc3)C3CC3C)[nH]c(=O)c2c1C. The van der Waals surface area contributed by atoms with Crippen LogP contribution in [0.1, 0.15) is 48.1 Å². The van der Waals surface area contributed by atoms with E-state index in [9.17, 15) is 9.59 Å². The van der Waals surface area contributed by atoms with Crippen molar-refractivity contribution in [3.05, 3.63) is 62.5 Å². The molecule has 7 heteroatoms. The number of nitrogens with zero attached hydrogens (tertiary/aromatic N) is 1. The van der Waals surface area contributed by atoms with Gasteiger partial charge >= 0.3 is 0 Å². The topological polar surface area (TPSA) is 74.8 Å². The molecule has 2 heterocycles. The first-order chi connectivity index (χ1) is 14.3. The molecule has 0 spiro atoms. The van der Waals surface area contributed by atoms with E-state index >= 15 is 0 Å². The summed E-state index contributed by atoms with van der Waals surface area (Å²) in [4.78, 5) is 34.7. The van der Waals surface area contributed by atoms with Gasteiger partial charge in [-0.1, -0.05) is 37.3 Å². The van der Waals surface area contributed by atoms with Crippen LogP contribution in [0.5, 0.6) is 0 Å². The normalized spacial score (nSPS) is 20.1. The minimum Gasteiger partial charge on any atom is -0.348 e. The van der Waals surface area contributed by atoms with E-state index in [1.165, 1.54) is 11.8 Å².